The van der Waals surface area contributed by atoms with Crippen LogP contribution in [0.15, 0.2) is 0 Å². The van der Waals surface area contributed by atoms with Crippen LogP contribution < -0.4 is 0 Å². The van der Waals surface area contributed by atoms with Gasteiger partial charge in [0.05, 0.1) is 11.8 Å². The normalized spacial score (nSPS) is 21.3. The maximum Gasteiger partial charge on any atom is 0.338 e. The van der Waals surface area contributed by atoms with Gasteiger partial charge in [0.2, 0.25) is 0 Å². The van der Waals surface area contributed by atoms with Crippen LogP contribution in [-0.2, 0) is 29.3 Å². The van der Waals surface area contributed by atoms with Crippen LogP contribution in [-0.4, -0.2) is 41.1 Å². The first-order valence-corrected chi connectivity index (χ1v) is 6.50. The minimum absolute atomic E-state index is 0.0893. The third kappa shape index (κ3) is 2.85. The molecule has 0 aromatic rings. The number of rotatable bonds is 2. The number of carbonyl (C=O) groups excluding carboxylic acids is 3. The first kappa shape index (κ1) is 14.6. The summed E-state index contributed by atoms with van der Waals surface area (Å²) in [5, 5.41) is -1.82. The first-order valence-electron chi connectivity index (χ1n) is 5.00. The fraction of sp³-hybridized carbons (Fsp3) is 0.667. The maximum atomic E-state index is 11.5. The van der Waals surface area contributed by atoms with Crippen LogP contribution in [0.3, 0.4) is 0 Å². The van der Waals surface area contributed by atoms with Crippen LogP contribution in [0.25, 0.3) is 0 Å². The fourth-order valence-corrected chi connectivity index (χ4v) is 1.83. The van der Waals surface area contributed by atoms with Gasteiger partial charge in [0, 0.05) is 0 Å². The third-order valence-electron chi connectivity index (χ3n) is 2.21. The van der Waals surface area contributed by atoms with E-state index in [1.54, 1.807) is 0 Å². The lowest BCUT2D eigenvalue weighted by Gasteiger charge is -2.20. The van der Waals surface area contributed by atoms with Gasteiger partial charge in [0.15, 0.2) is 5.25 Å². The molecule has 1 aliphatic rings. The number of nitrogens with zero attached hydrogens (tertiary/aromatic N) is 1. The Balaban J connectivity index is 2.91. The van der Waals surface area contributed by atoms with Crippen LogP contribution in [0.1, 0.15) is 27.2 Å². The van der Waals surface area contributed by atoms with Gasteiger partial charge < -0.3 is 4.84 Å². The fourth-order valence-electron chi connectivity index (χ4n) is 1.13. The molecule has 8 nitrogen and oxygen atoms in total. The molecule has 0 bridgehead atoms. The van der Waals surface area contributed by atoms with E-state index in [-0.39, 0.29) is 5.06 Å². The Labute approximate surface area is 104 Å². The van der Waals surface area contributed by atoms with Crippen LogP contribution in [0, 0.1) is 5.41 Å². The standard InChI is InChI=1S/C9H13NO7S/c1-9(2,3)8(13)17-10-6(11)4-5(7(10)12)18(14,15)16/h5H,4H2,1-3H3,(H,14,15,16). The number of hydrogen-bond acceptors (Lipinski definition) is 6. The number of carbonyl (C=O) groups is 3. The molecule has 0 saturated carbocycles. The van der Waals surface area contributed by atoms with Gasteiger partial charge in [-0.3, -0.25) is 14.1 Å². The molecular weight excluding hydrogens is 266 g/mol. The van der Waals surface area contributed by atoms with E-state index in [0.29, 0.717) is 0 Å². The van der Waals surface area contributed by atoms with Crippen LogP contribution in [0.2, 0.25) is 0 Å². The topological polar surface area (TPSA) is 118 Å². The number of imide groups is 1. The monoisotopic (exact) mass is 279 g/mol. The number of hydrogen-bond donors (Lipinski definition) is 1. The van der Waals surface area contributed by atoms with E-state index in [9.17, 15) is 22.8 Å². The molecule has 1 heterocycles. The van der Waals surface area contributed by atoms with Crippen LogP contribution in [0.5, 0.6) is 0 Å². The summed E-state index contributed by atoms with van der Waals surface area (Å²) >= 11 is 0. The largest absolute Gasteiger partial charge is 0.338 e. The second kappa shape index (κ2) is 4.32. The lowest BCUT2D eigenvalue weighted by molar-refractivity contribution is -0.203. The van der Waals surface area contributed by atoms with Gasteiger partial charge in [0.1, 0.15) is 0 Å². The lowest BCUT2D eigenvalue weighted by Crippen LogP contribution is -2.39. The van der Waals surface area contributed by atoms with Crippen molar-refractivity contribution < 1.29 is 32.2 Å². The Morgan fingerprint density at radius 2 is 1.89 bits per heavy atom. The van der Waals surface area contributed by atoms with Crippen molar-refractivity contribution in [2.24, 2.45) is 5.41 Å². The van der Waals surface area contributed by atoms with Gasteiger partial charge in [-0.1, -0.05) is 0 Å². The zero-order chi connectivity index (χ0) is 14.3. The molecule has 1 rings (SSSR count). The minimum Gasteiger partial charge on any atom is -0.330 e. The predicted octanol–water partition coefficient (Wildman–Crippen LogP) is -0.494. The predicted molar refractivity (Wildman–Crippen MR) is 57.4 cm³/mol. The van der Waals surface area contributed by atoms with Gasteiger partial charge in [-0.25, -0.2) is 4.79 Å². The van der Waals surface area contributed by atoms with Gasteiger partial charge in [0.25, 0.3) is 21.9 Å². The molecular formula is C9H13NO7S. The summed E-state index contributed by atoms with van der Waals surface area (Å²) in [7, 11) is -4.69. The van der Waals surface area contributed by atoms with Crippen molar-refractivity contribution in [1.29, 1.82) is 0 Å². The third-order valence-corrected chi connectivity index (χ3v) is 3.30. The van der Waals surface area contributed by atoms with Gasteiger partial charge in [-0.15, -0.1) is 5.06 Å². The molecule has 0 aromatic carbocycles. The van der Waals surface area contributed by atoms with Gasteiger partial charge in [-0.05, 0) is 20.8 Å². The highest BCUT2D eigenvalue weighted by Gasteiger charge is 2.49. The lowest BCUT2D eigenvalue weighted by atomic mass is 9.98. The molecule has 0 aliphatic carbocycles. The van der Waals surface area contributed by atoms with E-state index in [2.05, 4.69) is 4.84 Å². The summed E-state index contributed by atoms with van der Waals surface area (Å²) in [6.45, 7) is 4.50. The molecule has 2 amide bonds. The Bertz CT molecular complexity index is 501. The first-order chi connectivity index (χ1) is 7.94. The summed E-state index contributed by atoms with van der Waals surface area (Å²) in [4.78, 5) is 38.9. The van der Waals surface area contributed by atoms with Gasteiger partial charge in [-0.2, -0.15) is 8.42 Å². The number of hydroxylamine groups is 2. The Morgan fingerprint density at radius 1 is 1.39 bits per heavy atom. The zero-order valence-corrected chi connectivity index (χ0v) is 10.9. The van der Waals surface area contributed by atoms with Crippen molar-refractivity contribution in [3.8, 4) is 0 Å². The van der Waals surface area contributed by atoms with Crippen molar-refractivity contribution >= 4 is 27.9 Å². The Kier molecular flexibility index (Phi) is 3.50. The summed E-state index contributed by atoms with van der Waals surface area (Å²) in [6, 6.07) is 0. The molecule has 1 fully saturated rings. The number of amides is 2. The molecule has 1 N–H and O–H groups in total. The Hall–Kier alpha value is -1.48. The second-order valence-electron chi connectivity index (χ2n) is 4.86. The average Bonchev–Trinajstić information content (AvgIpc) is 2.43. The molecule has 1 aliphatic heterocycles. The van der Waals surface area contributed by atoms with Crippen LogP contribution >= 0.6 is 0 Å². The van der Waals surface area contributed by atoms with Crippen molar-refractivity contribution in [2.75, 3.05) is 0 Å². The summed E-state index contributed by atoms with van der Waals surface area (Å²) in [6.07, 6.45) is -0.741. The average molecular weight is 279 g/mol. The van der Waals surface area contributed by atoms with E-state index in [0.717, 1.165) is 0 Å². The molecule has 102 valence electrons. The Morgan fingerprint density at radius 3 is 2.22 bits per heavy atom. The summed E-state index contributed by atoms with van der Waals surface area (Å²) in [5.74, 6) is -3.11. The van der Waals surface area contributed by atoms with E-state index in [1.807, 2.05) is 0 Å². The zero-order valence-electron chi connectivity index (χ0n) is 10.0. The smallest absolute Gasteiger partial charge is 0.330 e. The van der Waals surface area contributed by atoms with Crippen molar-refractivity contribution in [3.63, 3.8) is 0 Å². The van der Waals surface area contributed by atoms with E-state index in [4.69, 9.17) is 4.55 Å². The highest BCUT2D eigenvalue weighted by molar-refractivity contribution is 7.87. The summed E-state index contributed by atoms with van der Waals surface area (Å²) < 4.78 is 30.4. The molecule has 0 radical (unpaired) electrons. The molecule has 1 saturated heterocycles. The molecule has 9 heteroatoms. The highest BCUT2D eigenvalue weighted by atomic mass is 32.2. The van der Waals surface area contributed by atoms with Crippen molar-refractivity contribution in [2.45, 2.75) is 32.4 Å². The molecule has 0 spiro atoms. The molecule has 0 aromatic heterocycles. The summed E-state index contributed by atoms with van der Waals surface area (Å²) in [5.41, 5.74) is -0.962. The van der Waals surface area contributed by atoms with Crippen LogP contribution in [0.4, 0.5) is 0 Å². The molecule has 1 atom stereocenters. The maximum absolute atomic E-state index is 11.5. The van der Waals surface area contributed by atoms with Crippen molar-refractivity contribution in [1.82, 2.24) is 5.06 Å². The van der Waals surface area contributed by atoms with Crippen molar-refractivity contribution in [3.05, 3.63) is 0 Å². The molecule has 18 heavy (non-hydrogen) atoms. The van der Waals surface area contributed by atoms with E-state index < -0.39 is 45.0 Å². The van der Waals surface area contributed by atoms with E-state index in [1.165, 1.54) is 20.8 Å². The van der Waals surface area contributed by atoms with E-state index >= 15 is 0 Å². The second-order valence-corrected chi connectivity index (χ2v) is 6.46. The quantitative estimate of drug-likeness (QED) is 0.535. The molecule has 1 unspecified atom stereocenters. The van der Waals surface area contributed by atoms with Gasteiger partial charge >= 0.3 is 5.97 Å². The highest BCUT2D eigenvalue weighted by Crippen LogP contribution is 2.23. The SMILES string of the molecule is CC(C)(C)C(=O)ON1C(=O)CC(S(=O)(=O)O)C1=O. The minimum atomic E-state index is -4.69.